The van der Waals surface area contributed by atoms with Crippen molar-refractivity contribution in [2.75, 3.05) is 0 Å². The standard InChI is InChI=1S/3Ba.2Nb.12O.2Ti/q3*+2;;;;;;;;;6*-1;;. The van der Waals surface area contributed by atoms with Crippen molar-refractivity contribution in [1.29, 1.82) is 0 Å². The molecule has 0 aliphatic heterocycles. The van der Waals surface area contributed by atoms with Crippen molar-refractivity contribution in [3.05, 3.63) is 0 Å². The molecule has 0 aromatic carbocycles. The van der Waals surface area contributed by atoms with Crippen LogP contribution >= 0.6 is 0 Å². The third kappa shape index (κ3) is 311. The molecular formula is Ba3Nb2O12Ti2. The molecule has 19 heavy (non-hydrogen) atoms. The van der Waals surface area contributed by atoms with Gasteiger partial charge in [0.25, 0.3) is 0 Å². The minimum atomic E-state index is -4.20. The van der Waals surface area contributed by atoms with E-state index in [9.17, 15) is 0 Å². The zero-order valence-corrected chi connectivity index (χ0v) is 29.8. The second-order valence-electron chi connectivity index (χ2n) is 0.947. The molecule has 0 saturated heterocycles. The van der Waals surface area contributed by atoms with E-state index in [1.54, 1.807) is 0 Å². The zero-order valence-electron chi connectivity index (χ0n) is 8.91. The Labute approximate surface area is 255 Å². The van der Waals surface area contributed by atoms with E-state index in [4.69, 9.17) is 41.6 Å². The molecule has 12 nitrogen and oxygen atoms in total. The molecule has 19 heteroatoms. The van der Waals surface area contributed by atoms with Crippen molar-refractivity contribution < 1.29 is 116 Å². The Balaban J connectivity index is -0.0000000192. The molecule has 0 saturated carbocycles. The topological polar surface area (TPSA) is 241 Å². The van der Waals surface area contributed by atoms with Gasteiger partial charge in [-0.15, -0.1) is 0 Å². The quantitative estimate of drug-likeness (QED) is 0.206. The molecule has 0 rings (SSSR count). The van der Waals surface area contributed by atoms with E-state index in [1.165, 1.54) is 0 Å². The molecule has 0 radical (unpaired) electrons. The molecule has 0 bridgehead atoms. The Morgan fingerprint density at radius 1 is 0.579 bits per heavy atom. The molecule has 0 fully saturated rings. The van der Waals surface area contributed by atoms with E-state index in [2.05, 4.69) is 0 Å². The summed E-state index contributed by atoms with van der Waals surface area (Å²) in [5.74, 6) is 0. The SMILES string of the molecule is [Ba+2].[Ba+2].[Ba+2].[O]=[Nb](=[O])[O-].[O]=[Nb](=[O])[O-].[O]=[Ti]([O-])[O-].[O]=[Ti]([O-])[O-]. The van der Waals surface area contributed by atoms with Crippen LogP contribution in [0.25, 0.3) is 0 Å². The van der Waals surface area contributed by atoms with E-state index in [0.29, 0.717) is 0 Å². The van der Waals surface area contributed by atoms with Crippen molar-refractivity contribution in [3.8, 4) is 0 Å². The van der Waals surface area contributed by atoms with Gasteiger partial charge in [0, 0.05) is 0 Å². The number of hydrogen-bond donors (Lipinski definition) is 0. The van der Waals surface area contributed by atoms with Gasteiger partial charge in [0.15, 0.2) is 0 Å². The Bertz CT molecular complexity index is 265. The molecule has 96 valence electrons. The maximum atomic E-state index is 8.60. The van der Waals surface area contributed by atoms with E-state index >= 15 is 0 Å². The van der Waals surface area contributed by atoms with Crippen LogP contribution in [0.2, 0.25) is 0 Å². The van der Waals surface area contributed by atoms with Gasteiger partial charge in [0.05, 0.1) is 0 Å². The van der Waals surface area contributed by atoms with Crippen LogP contribution in [-0.4, -0.2) is 147 Å². The average Bonchev–Trinajstić information content (AvgIpc) is 1.76. The molecule has 0 N–H and O–H groups in total. The van der Waals surface area contributed by atoms with Gasteiger partial charge < -0.3 is 0 Å². The Hall–Kier alpha value is 6.18. The van der Waals surface area contributed by atoms with Crippen LogP contribution in [0.15, 0.2) is 0 Å². The Morgan fingerprint density at radius 2 is 0.579 bits per heavy atom. The normalized spacial score (nSPS) is 5.37. The predicted octanol–water partition coefficient (Wildman–Crippen LogP) is -9.00. The fraction of sp³-hybridized carbons (Fsp3) is 0. The predicted molar refractivity (Wildman–Crippen MR) is 21.4 cm³/mol. The Kier molecular flexibility index (Phi) is 92.2. The molecule has 0 aromatic heterocycles. The van der Waals surface area contributed by atoms with E-state index in [1.807, 2.05) is 0 Å². The van der Waals surface area contributed by atoms with Crippen LogP contribution < -0.4 is 22.0 Å². The first kappa shape index (κ1) is 44.5. The van der Waals surface area contributed by atoms with Gasteiger partial charge in [-0.3, -0.25) is 0 Å². The second-order valence-corrected chi connectivity index (χ2v) is 4.71. The average molecular weight is 886 g/mol. The Morgan fingerprint density at radius 3 is 0.579 bits per heavy atom. The first-order chi connectivity index (χ1) is 6.93. The van der Waals surface area contributed by atoms with Crippen molar-refractivity contribution in [2.45, 2.75) is 0 Å². The van der Waals surface area contributed by atoms with Crippen LogP contribution in [0.1, 0.15) is 0 Å². The molecule has 0 aliphatic carbocycles. The van der Waals surface area contributed by atoms with E-state index in [-0.39, 0.29) is 147 Å². The summed E-state index contributed by atoms with van der Waals surface area (Å²) in [7, 11) is 0. The fourth-order valence-electron chi connectivity index (χ4n) is 0. The van der Waals surface area contributed by atoms with Gasteiger partial charge in [-0.25, -0.2) is 0 Å². The summed E-state index contributed by atoms with van der Waals surface area (Å²) in [6.07, 6.45) is 0. The molecule has 0 atom stereocenters. The molecule has 0 aliphatic rings. The maximum absolute atomic E-state index is 8.60. The van der Waals surface area contributed by atoms with Crippen molar-refractivity contribution >= 4 is 147 Å². The molecule has 0 heterocycles. The van der Waals surface area contributed by atoms with E-state index in [0.717, 1.165) is 0 Å². The van der Waals surface area contributed by atoms with Gasteiger partial charge >= 0.3 is 263 Å². The van der Waals surface area contributed by atoms with Crippen molar-refractivity contribution in [3.63, 3.8) is 0 Å². The fourth-order valence-corrected chi connectivity index (χ4v) is 0. The first-order valence-corrected chi connectivity index (χ1v) is 11.5. The van der Waals surface area contributed by atoms with Crippen LogP contribution in [0, 0.1) is 0 Å². The summed E-state index contributed by atoms with van der Waals surface area (Å²) in [6.45, 7) is 0. The summed E-state index contributed by atoms with van der Waals surface area (Å²) in [6, 6.07) is 0. The molecule has 0 amide bonds. The van der Waals surface area contributed by atoms with Gasteiger partial charge in [0.1, 0.15) is 0 Å². The molecule has 0 spiro atoms. The summed E-state index contributed by atoms with van der Waals surface area (Å²) in [5, 5.41) is 0. The summed E-state index contributed by atoms with van der Waals surface area (Å²) in [4.78, 5) is 0. The van der Waals surface area contributed by atoms with E-state index < -0.39 is 74.8 Å². The minimum absolute atomic E-state index is 0. The third-order valence-electron chi connectivity index (χ3n) is 0. The summed E-state index contributed by atoms with van der Waals surface area (Å²) >= 11 is -16.6. The van der Waals surface area contributed by atoms with Gasteiger partial charge in [-0.2, -0.15) is 0 Å². The first-order valence-electron chi connectivity index (χ1n) is 2.32. The van der Waals surface area contributed by atoms with Gasteiger partial charge in [-0.05, 0) is 0 Å². The molecular weight excluding hydrogens is 886 g/mol. The summed E-state index contributed by atoms with van der Waals surface area (Å²) < 4.78 is 103. The zero-order chi connectivity index (χ0) is 14.3. The van der Waals surface area contributed by atoms with Gasteiger partial charge in [-0.1, -0.05) is 0 Å². The number of rotatable bonds is 0. The van der Waals surface area contributed by atoms with Crippen LogP contribution in [-0.2, 0) is 94.5 Å². The third-order valence-corrected chi connectivity index (χ3v) is 0. The van der Waals surface area contributed by atoms with Crippen LogP contribution in [0.4, 0.5) is 0 Å². The summed E-state index contributed by atoms with van der Waals surface area (Å²) in [5.41, 5.74) is 0. The van der Waals surface area contributed by atoms with Crippen molar-refractivity contribution in [2.24, 2.45) is 0 Å². The number of hydrogen-bond acceptors (Lipinski definition) is 12. The molecule has 0 unspecified atom stereocenters. The second kappa shape index (κ2) is 39.3. The molecule has 0 aromatic rings. The van der Waals surface area contributed by atoms with Crippen molar-refractivity contribution in [1.82, 2.24) is 0 Å². The van der Waals surface area contributed by atoms with Crippen LogP contribution in [0.3, 0.4) is 0 Å². The van der Waals surface area contributed by atoms with Gasteiger partial charge in [0.2, 0.25) is 0 Å². The van der Waals surface area contributed by atoms with Crippen LogP contribution in [0.5, 0.6) is 0 Å². The monoisotopic (exact) mass is 887 g/mol.